The van der Waals surface area contributed by atoms with Crippen LogP contribution in [0, 0.1) is 0 Å². The van der Waals surface area contributed by atoms with Crippen LogP contribution in [-0.2, 0) is 24.4 Å². The lowest BCUT2D eigenvalue weighted by atomic mass is 10.0. The van der Waals surface area contributed by atoms with Crippen molar-refractivity contribution in [3.8, 4) is 0 Å². The van der Waals surface area contributed by atoms with Crippen molar-refractivity contribution in [1.29, 1.82) is 0 Å². The molecule has 0 saturated carbocycles. The molecule has 0 atom stereocenters. The minimum atomic E-state index is -4.38. The van der Waals surface area contributed by atoms with Gasteiger partial charge >= 0.3 is 6.18 Å². The van der Waals surface area contributed by atoms with Gasteiger partial charge in [-0.1, -0.05) is 29.8 Å². The van der Waals surface area contributed by atoms with Crippen molar-refractivity contribution in [3.63, 3.8) is 0 Å². The summed E-state index contributed by atoms with van der Waals surface area (Å²) in [5, 5.41) is 1.53. The fourth-order valence-corrected chi connectivity index (χ4v) is 4.53. The second kappa shape index (κ2) is 8.41. The van der Waals surface area contributed by atoms with E-state index in [0.717, 1.165) is 41.7 Å². The van der Waals surface area contributed by atoms with Gasteiger partial charge in [-0.15, -0.1) is 0 Å². The normalized spacial score (nSPS) is 15.0. The number of hydrogen-bond donors (Lipinski definition) is 0. The zero-order valence-corrected chi connectivity index (χ0v) is 18.4. The number of fused-ring (bicyclic) bond motifs is 1. The lowest BCUT2D eigenvalue weighted by Gasteiger charge is -2.31. The summed E-state index contributed by atoms with van der Waals surface area (Å²) in [7, 11) is 1.82. The molecule has 0 radical (unpaired) electrons. The first-order valence-corrected chi connectivity index (χ1v) is 10.6. The summed E-state index contributed by atoms with van der Waals surface area (Å²) < 4.78 is 46.5. The number of halogens is 5. The number of nitrogens with zero attached hydrogens (tertiary/aromatic N) is 2. The molecule has 8 heteroatoms. The first kappa shape index (κ1) is 22.1. The second-order valence-electron chi connectivity index (χ2n) is 7.58. The lowest BCUT2D eigenvalue weighted by Crippen LogP contribution is -2.34. The Balaban J connectivity index is 1.70. The van der Waals surface area contributed by atoms with Crippen LogP contribution in [0.3, 0.4) is 0 Å². The van der Waals surface area contributed by atoms with Gasteiger partial charge in [-0.3, -0.25) is 0 Å². The number of benzene rings is 2. The Morgan fingerprint density at radius 2 is 1.81 bits per heavy atom. The molecule has 0 N–H and O–H groups in total. The van der Waals surface area contributed by atoms with Gasteiger partial charge in [0.15, 0.2) is 0 Å². The van der Waals surface area contributed by atoms with Crippen molar-refractivity contribution in [2.75, 3.05) is 26.3 Å². The molecule has 31 heavy (non-hydrogen) atoms. The molecule has 0 spiro atoms. The Bertz CT molecular complexity index is 1150. The third kappa shape index (κ3) is 4.29. The molecule has 0 aliphatic carbocycles. The van der Waals surface area contributed by atoms with Crippen LogP contribution in [0.15, 0.2) is 43.0 Å². The minimum Gasteiger partial charge on any atom is -0.378 e. The fraction of sp³-hybridized carbons (Fsp3) is 0.304. The monoisotopic (exact) mass is 468 g/mol. The van der Waals surface area contributed by atoms with Gasteiger partial charge in [0.1, 0.15) is 0 Å². The van der Waals surface area contributed by atoms with Crippen LogP contribution >= 0.6 is 23.2 Å². The molecule has 3 nitrogen and oxygen atoms in total. The van der Waals surface area contributed by atoms with E-state index < -0.39 is 11.7 Å². The third-order valence-corrected chi connectivity index (χ3v) is 6.50. The van der Waals surface area contributed by atoms with Gasteiger partial charge < -0.3 is 14.2 Å². The molecule has 2 heterocycles. The molecule has 1 fully saturated rings. The standard InChI is InChI=1S/C23H21Cl2F3N2O/c1-14(30-7-9-31-10-8-30)18-4-5-20(24)19(22(18)25)13-17-12-15-11-16(23(26,27)28)3-6-21(15)29(17)2/h3-6,11-12H,1,7-10,13H2,2H3. The summed E-state index contributed by atoms with van der Waals surface area (Å²) >= 11 is 13.2. The van der Waals surface area contributed by atoms with E-state index in [4.69, 9.17) is 27.9 Å². The minimum absolute atomic E-state index is 0.383. The van der Waals surface area contributed by atoms with Crippen molar-refractivity contribution < 1.29 is 17.9 Å². The number of morpholine rings is 1. The number of ether oxygens (including phenoxy) is 1. The molecule has 0 amide bonds. The van der Waals surface area contributed by atoms with Crippen LogP contribution < -0.4 is 0 Å². The van der Waals surface area contributed by atoms with E-state index in [-0.39, 0.29) is 0 Å². The summed E-state index contributed by atoms with van der Waals surface area (Å²) in [6, 6.07) is 9.14. The molecule has 1 saturated heterocycles. The topological polar surface area (TPSA) is 17.4 Å². The highest BCUT2D eigenvalue weighted by atomic mass is 35.5. The highest BCUT2D eigenvalue weighted by Gasteiger charge is 2.30. The summed E-state index contributed by atoms with van der Waals surface area (Å²) in [5.41, 5.74) is 3.17. The summed E-state index contributed by atoms with van der Waals surface area (Å²) in [5.74, 6) is 0. The highest BCUT2D eigenvalue weighted by Crippen LogP contribution is 2.36. The van der Waals surface area contributed by atoms with Gasteiger partial charge in [0, 0.05) is 59.4 Å². The lowest BCUT2D eigenvalue weighted by molar-refractivity contribution is -0.137. The maximum Gasteiger partial charge on any atom is 0.416 e. The molecular weight excluding hydrogens is 448 g/mol. The predicted octanol–water partition coefficient (Wildman–Crippen LogP) is 6.40. The van der Waals surface area contributed by atoms with Crippen molar-refractivity contribution in [3.05, 3.63) is 75.4 Å². The van der Waals surface area contributed by atoms with Gasteiger partial charge in [0.05, 0.1) is 23.8 Å². The zero-order chi connectivity index (χ0) is 22.3. The van der Waals surface area contributed by atoms with Crippen LogP contribution in [0.1, 0.15) is 22.4 Å². The van der Waals surface area contributed by atoms with Gasteiger partial charge in [-0.05, 0) is 42.0 Å². The quantitative estimate of drug-likeness (QED) is 0.440. The smallest absolute Gasteiger partial charge is 0.378 e. The molecule has 0 unspecified atom stereocenters. The van der Waals surface area contributed by atoms with E-state index in [1.807, 2.05) is 17.7 Å². The van der Waals surface area contributed by atoms with Crippen LogP contribution in [-0.4, -0.2) is 35.8 Å². The van der Waals surface area contributed by atoms with E-state index in [1.54, 1.807) is 12.1 Å². The Morgan fingerprint density at radius 3 is 2.48 bits per heavy atom. The van der Waals surface area contributed by atoms with E-state index in [0.29, 0.717) is 40.6 Å². The van der Waals surface area contributed by atoms with Gasteiger partial charge in [-0.25, -0.2) is 0 Å². The highest BCUT2D eigenvalue weighted by molar-refractivity contribution is 6.37. The molecule has 2 aromatic carbocycles. The summed E-state index contributed by atoms with van der Waals surface area (Å²) in [6.07, 6.45) is -4.00. The van der Waals surface area contributed by atoms with Crippen LogP contribution in [0.5, 0.6) is 0 Å². The average molecular weight is 469 g/mol. The van der Waals surface area contributed by atoms with E-state index in [2.05, 4.69) is 11.5 Å². The van der Waals surface area contributed by atoms with Crippen LogP contribution in [0.25, 0.3) is 16.6 Å². The van der Waals surface area contributed by atoms with Crippen LogP contribution in [0.4, 0.5) is 13.2 Å². The first-order chi connectivity index (χ1) is 14.7. The number of alkyl halides is 3. The Morgan fingerprint density at radius 1 is 1.10 bits per heavy atom. The molecule has 1 aromatic heterocycles. The van der Waals surface area contributed by atoms with Crippen molar-refractivity contribution in [2.45, 2.75) is 12.6 Å². The number of aryl methyl sites for hydroxylation is 1. The Kier molecular flexibility index (Phi) is 5.99. The Labute approximate surface area is 188 Å². The molecule has 0 bridgehead atoms. The zero-order valence-electron chi connectivity index (χ0n) is 16.9. The third-order valence-electron chi connectivity index (χ3n) is 5.72. The fourth-order valence-electron chi connectivity index (χ4n) is 3.92. The molecule has 1 aliphatic rings. The maximum atomic E-state index is 13.1. The first-order valence-electron chi connectivity index (χ1n) is 9.81. The van der Waals surface area contributed by atoms with Gasteiger partial charge in [0.25, 0.3) is 0 Å². The SMILES string of the molecule is C=C(c1ccc(Cl)c(Cc2cc3cc(C(F)(F)F)ccc3n2C)c1Cl)N1CCOCC1. The summed E-state index contributed by atoms with van der Waals surface area (Å²) in [6.45, 7) is 6.94. The van der Waals surface area contributed by atoms with E-state index in [9.17, 15) is 13.2 Å². The average Bonchev–Trinajstić information content (AvgIpc) is 3.05. The number of aromatic nitrogens is 1. The Hall–Kier alpha value is -2.15. The molecule has 3 aromatic rings. The van der Waals surface area contributed by atoms with E-state index >= 15 is 0 Å². The van der Waals surface area contributed by atoms with Crippen LogP contribution in [0.2, 0.25) is 10.0 Å². The maximum absolute atomic E-state index is 13.1. The van der Waals surface area contributed by atoms with E-state index in [1.165, 1.54) is 12.1 Å². The van der Waals surface area contributed by atoms with Crippen molar-refractivity contribution >= 4 is 39.8 Å². The second-order valence-corrected chi connectivity index (χ2v) is 8.36. The van der Waals surface area contributed by atoms with Gasteiger partial charge in [0.2, 0.25) is 0 Å². The largest absolute Gasteiger partial charge is 0.416 e. The molecule has 4 rings (SSSR count). The molecular formula is C23H21Cl2F3N2O. The predicted molar refractivity (Wildman–Crippen MR) is 119 cm³/mol. The number of rotatable bonds is 4. The molecule has 1 aliphatic heterocycles. The number of hydrogen-bond acceptors (Lipinski definition) is 2. The van der Waals surface area contributed by atoms with Crippen molar-refractivity contribution in [1.82, 2.24) is 9.47 Å². The van der Waals surface area contributed by atoms with Gasteiger partial charge in [-0.2, -0.15) is 13.2 Å². The van der Waals surface area contributed by atoms with Crippen molar-refractivity contribution in [2.24, 2.45) is 7.05 Å². The molecule has 164 valence electrons. The summed E-state index contributed by atoms with van der Waals surface area (Å²) in [4.78, 5) is 2.12.